The lowest BCUT2D eigenvalue weighted by molar-refractivity contribution is 0.238. The SMILES string of the molecule is COc1cccc(C(CNCc2cccc(F)c2)N2CCCC2)c1. The number of methoxy groups -OCH3 is 1. The minimum absolute atomic E-state index is 0.182. The highest BCUT2D eigenvalue weighted by atomic mass is 19.1. The molecule has 0 saturated carbocycles. The van der Waals surface area contributed by atoms with Gasteiger partial charge in [0.2, 0.25) is 0 Å². The zero-order valence-corrected chi connectivity index (χ0v) is 14.2. The molecular weight excluding hydrogens is 303 g/mol. The van der Waals surface area contributed by atoms with E-state index in [2.05, 4.69) is 22.3 Å². The van der Waals surface area contributed by atoms with Gasteiger partial charge in [0.25, 0.3) is 0 Å². The van der Waals surface area contributed by atoms with Crippen LogP contribution < -0.4 is 10.1 Å². The number of benzene rings is 2. The molecule has 0 spiro atoms. The monoisotopic (exact) mass is 328 g/mol. The molecule has 1 heterocycles. The maximum Gasteiger partial charge on any atom is 0.123 e. The normalized spacial score (nSPS) is 16.2. The molecule has 3 rings (SSSR count). The summed E-state index contributed by atoms with van der Waals surface area (Å²) in [5, 5.41) is 3.49. The maximum atomic E-state index is 13.3. The smallest absolute Gasteiger partial charge is 0.123 e. The van der Waals surface area contributed by atoms with Crippen molar-refractivity contribution in [3.05, 3.63) is 65.5 Å². The van der Waals surface area contributed by atoms with Crippen molar-refractivity contribution >= 4 is 0 Å². The van der Waals surface area contributed by atoms with E-state index in [0.29, 0.717) is 12.6 Å². The van der Waals surface area contributed by atoms with E-state index in [1.54, 1.807) is 19.2 Å². The molecule has 1 aliphatic rings. The quantitative estimate of drug-likeness (QED) is 0.837. The van der Waals surface area contributed by atoms with Crippen molar-refractivity contribution in [1.82, 2.24) is 10.2 Å². The Hall–Kier alpha value is -1.91. The Labute approximate surface area is 143 Å². The third-order valence-electron chi connectivity index (χ3n) is 4.62. The molecular formula is C20H25FN2O. The van der Waals surface area contributed by atoms with Gasteiger partial charge in [-0.25, -0.2) is 4.39 Å². The Morgan fingerprint density at radius 1 is 1.12 bits per heavy atom. The Morgan fingerprint density at radius 3 is 2.67 bits per heavy atom. The van der Waals surface area contributed by atoms with E-state index < -0.39 is 0 Å². The number of rotatable bonds is 7. The second-order valence-electron chi connectivity index (χ2n) is 6.30. The van der Waals surface area contributed by atoms with Crippen molar-refractivity contribution in [1.29, 1.82) is 0 Å². The molecule has 24 heavy (non-hydrogen) atoms. The first-order valence-electron chi connectivity index (χ1n) is 8.59. The van der Waals surface area contributed by atoms with Crippen LogP contribution in [-0.4, -0.2) is 31.6 Å². The average molecular weight is 328 g/mol. The van der Waals surface area contributed by atoms with E-state index in [4.69, 9.17) is 4.74 Å². The van der Waals surface area contributed by atoms with Crippen LogP contribution in [0.2, 0.25) is 0 Å². The summed E-state index contributed by atoms with van der Waals surface area (Å²) in [5.41, 5.74) is 2.24. The van der Waals surface area contributed by atoms with Gasteiger partial charge >= 0.3 is 0 Å². The zero-order chi connectivity index (χ0) is 16.8. The van der Waals surface area contributed by atoms with E-state index in [1.807, 2.05) is 18.2 Å². The van der Waals surface area contributed by atoms with Crippen molar-refractivity contribution in [2.24, 2.45) is 0 Å². The van der Waals surface area contributed by atoms with Gasteiger partial charge in [-0.05, 0) is 61.3 Å². The molecule has 1 saturated heterocycles. The molecule has 128 valence electrons. The molecule has 1 aliphatic heterocycles. The molecule has 0 radical (unpaired) electrons. The summed E-state index contributed by atoms with van der Waals surface area (Å²) in [5.74, 6) is 0.708. The molecule has 4 heteroatoms. The van der Waals surface area contributed by atoms with E-state index in [1.165, 1.54) is 24.5 Å². The van der Waals surface area contributed by atoms with Crippen LogP contribution in [0.4, 0.5) is 4.39 Å². The molecule has 2 aromatic rings. The van der Waals surface area contributed by atoms with Crippen molar-refractivity contribution in [2.45, 2.75) is 25.4 Å². The molecule has 1 fully saturated rings. The lowest BCUT2D eigenvalue weighted by atomic mass is 10.0. The largest absolute Gasteiger partial charge is 0.497 e. The van der Waals surface area contributed by atoms with Gasteiger partial charge in [0, 0.05) is 19.1 Å². The van der Waals surface area contributed by atoms with Gasteiger partial charge in [0.05, 0.1) is 7.11 Å². The van der Waals surface area contributed by atoms with Crippen LogP contribution >= 0.6 is 0 Å². The highest BCUT2D eigenvalue weighted by Crippen LogP contribution is 2.27. The summed E-state index contributed by atoms with van der Waals surface area (Å²) in [6.07, 6.45) is 2.51. The third kappa shape index (κ3) is 4.34. The summed E-state index contributed by atoms with van der Waals surface area (Å²) in [6.45, 7) is 3.77. The lowest BCUT2D eigenvalue weighted by Gasteiger charge is -2.28. The predicted molar refractivity (Wildman–Crippen MR) is 94.6 cm³/mol. The zero-order valence-electron chi connectivity index (χ0n) is 14.2. The minimum atomic E-state index is -0.182. The second kappa shape index (κ2) is 8.27. The number of hydrogen-bond acceptors (Lipinski definition) is 3. The van der Waals surface area contributed by atoms with Crippen LogP contribution in [0.25, 0.3) is 0 Å². The Balaban J connectivity index is 1.68. The highest BCUT2D eigenvalue weighted by molar-refractivity contribution is 5.31. The van der Waals surface area contributed by atoms with Crippen molar-refractivity contribution in [2.75, 3.05) is 26.7 Å². The molecule has 2 aromatic carbocycles. The first-order chi connectivity index (χ1) is 11.8. The standard InChI is InChI=1S/C20H25FN2O/c1-24-19-9-5-7-17(13-19)20(23-10-2-3-11-23)15-22-14-16-6-4-8-18(21)12-16/h4-9,12-13,20,22H,2-3,10-11,14-15H2,1H3. The number of likely N-dealkylation sites (tertiary alicyclic amines) is 1. The number of nitrogens with zero attached hydrogens (tertiary/aromatic N) is 1. The number of nitrogens with one attached hydrogen (secondary N) is 1. The van der Waals surface area contributed by atoms with E-state index in [-0.39, 0.29) is 5.82 Å². The van der Waals surface area contributed by atoms with Crippen LogP contribution in [0.1, 0.15) is 30.0 Å². The average Bonchev–Trinajstić information content (AvgIpc) is 3.13. The molecule has 3 nitrogen and oxygen atoms in total. The third-order valence-corrected chi connectivity index (χ3v) is 4.62. The van der Waals surface area contributed by atoms with Crippen LogP contribution in [0.15, 0.2) is 48.5 Å². The Bertz CT molecular complexity index is 656. The lowest BCUT2D eigenvalue weighted by Crippen LogP contribution is -2.34. The van der Waals surface area contributed by atoms with E-state index in [0.717, 1.165) is 30.9 Å². The van der Waals surface area contributed by atoms with Crippen LogP contribution in [0.5, 0.6) is 5.75 Å². The Kier molecular flexibility index (Phi) is 5.83. The fraction of sp³-hybridized carbons (Fsp3) is 0.400. The summed E-state index contributed by atoms with van der Waals surface area (Å²) in [7, 11) is 1.70. The summed E-state index contributed by atoms with van der Waals surface area (Å²) >= 11 is 0. The Morgan fingerprint density at radius 2 is 1.92 bits per heavy atom. The molecule has 0 aromatic heterocycles. The minimum Gasteiger partial charge on any atom is -0.497 e. The fourth-order valence-corrected chi connectivity index (χ4v) is 3.36. The van der Waals surface area contributed by atoms with Gasteiger partial charge in [0.1, 0.15) is 11.6 Å². The first kappa shape index (κ1) is 16.9. The van der Waals surface area contributed by atoms with Gasteiger partial charge in [-0.2, -0.15) is 0 Å². The van der Waals surface area contributed by atoms with Crippen molar-refractivity contribution < 1.29 is 9.13 Å². The number of hydrogen-bond donors (Lipinski definition) is 1. The summed E-state index contributed by atoms with van der Waals surface area (Å²) < 4.78 is 18.7. The van der Waals surface area contributed by atoms with Gasteiger partial charge in [-0.3, -0.25) is 4.90 Å². The number of halogens is 1. The molecule has 1 N–H and O–H groups in total. The maximum absolute atomic E-state index is 13.3. The predicted octanol–water partition coefficient (Wildman–Crippen LogP) is 3.76. The molecule has 1 unspecified atom stereocenters. The fourth-order valence-electron chi connectivity index (χ4n) is 3.36. The number of ether oxygens (including phenoxy) is 1. The molecule has 0 amide bonds. The second-order valence-corrected chi connectivity index (χ2v) is 6.30. The molecule has 0 aliphatic carbocycles. The van der Waals surface area contributed by atoms with Crippen LogP contribution in [0.3, 0.4) is 0 Å². The highest BCUT2D eigenvalue weighted by Gasteiger charge is 2.23. The summed E-state index contributed by atoms with van der Waals surface area (Å²) in [6, 6.07) is 15.4. The first-order valence-corrected chi connectivity index (χ1v) is 8.59. The van der Waals surface area contributed by atoms with E-state index >= 15 is 0 Å². The van der Waals surface area contributed by atoms with Crippen molar-refractivity contribution in [3.63, 3.8) is 0 Å². The van der Waals surface area contributed by atoms with E-state index in [9.17, 15) is 4.39 Å². The molecule has 0 bridgehead atoms. The van der Waals surface area contributed by atoms with Crippen molar-refractivity contribution in [3.8, 4) is 5.75 Å². The van der Waals surface area contributed by atoms with Gasteiger partial charge < -0.3 is 10.1 Å². The summed E-state index contributed by atoms with van der Waals surface area (Å²) in [4.78, 5) is 2.52. The van der Waals surface area contributed by atoms with Gasteiger partial charge in [-0.1, -0.05) is 24.3 Å². The van der Waals surface area contributed by atoms with Crippen LogP contribution in [0, 0.1) is 5.82 Å². The molecule has 1 atom stereocenters. The van der Waals surface area contributed by atoms with Crippen LogP contribution in [-0.2, 0) is 6.54 Å². The topological polar surface area (TPSA) is 24.5 Å². The van der Waals surface area contributed by atoms with Gasteiger partial charge in [-0.15, -0.1) is 0 Å². The van der Waals surface area contributed by atoms with Gasteiger partial charge in [0.15, 0.2) is 0 Å².